The van der Waals surface area contributed by atoms with Crippen molar-refractivity contribution in [3.8, 4) is 11.1 Å². The lowest BCUT2D eigenvalue weighted by atomic mass is 10.0. The molecule has 8 nitrogen and oxygen atoms in total. The van der Waals surface area contributed by atoms with Crippen LogP contribution in [0.1, 0.15) is 18.7 Å². The average molecular weight is 438 g/mol. The van der Waals surface area contributed by atoms with Crippen molar-refractivity contribution >= 4 is 39.3 Å². The number of anilines is 2. The summed E-state index contributed by atoms with van der Waals surface area (Å²) >= 11 is 0. The molecule has 0 aliphatic heterocycles. The molecule has 3 aromatic heterocycles. The molecule has 1 aliphatic rings. The van der Waals surface area contributed by atoms with E-state index >= 15 is 0 Å². The highest BCUT2D eigenvalue weighted by molar-refractivity contribution is 6.17. The van der Waals surface area contributed by atoms with Crippen LogP contribution in [0.4, 0.5) is 20.2 Å². The van der Waals surface area contributed by atoms with Crippen molar-refractivity contribution < 1.29 is 18.7 Å². The number of halogens is 2. The largest absolute Gasteiger partial charge is 0.480 e. The number of hydrogen-bond donors (Lipinski definition) is 3. The van der Waals surface area contributed by atoms with Crippen LogP contribution in [0.3, 0.4) is 0 Å². The van der Waals surface area contributed by atoms with E-state index in [1.807, 2.05) is 0 Å². The predicted molar refractivity (Wildman–Crippen MR) is 117 cm³/mol. The fourth-order valence-electron chi connectivity index (χ4n) is 4.19. The van der Waals surface area contributed by atoms with Crippen LogP contribution in [0, 0.1) is 11.6 Å². The first-order valence-electron chi connectivity index (χ1n) is 10.0. The average Bonchev–Trinajstić information content (AvgIpc) is 3.50. The molecule has 1 saturated carbocycles. The Morgan fingerprint density at radius 1 is 1.16 bits per heavy atom. The van der Waals surface area contributed by atoms with E-state index in [2.05, 4.69) is 25.3 Å². The number of aromatic amines is 1. The summed E-state index contributed by atoms with van der Waals surface area (Å²) in [5.41, 5.74) is 2.05. The second-order valence-corrected chi connectivity index (χ2v) is 8.17. The van der Waals surface area contributed by atoms with E-state index < -0.39 is 23.0 Å². The van der Waals surface area contributed by atoms with E-state index in [0.29, 0.717) is 51.9 Å². The molecule has 0 radical (unpaired) electrons. The van der Waals surface area contributed by atoms with Gasteiger partial charge in [0.25, 0.3) is 0 Å². The Morgan fingerprint density at radius 3 is 2.41 bits per heavy atom. The molecular formula is C22H20F2N6O2. The molecule has 1 fully saturated rings. The maximum atomic E-state index is 15.0. The van der Waals surface area contributed by atoms with Crippen LogP contribution in [-0.2, 0) is 10.2 Å². The van der Waals surface area contributed by atoms with Gasteiger partial charge in [-0.2, -0.15) is 0 Å². The van der Waals surface area contributed by atoms with Gasteiger partial charge in [-0.3, -0.25) is 4.79 Å². The van der Waals surface area contributed by atoms with Gasteiger partial charge in [-0.15, -0.1) is 0 Å². The first kappa shape index (κ1) is 20.1. The Balaban J connectivity index is 1.76. The molecule has 1 aliphatic carbocycles. The third kappa shape index (κ3) is 2.72. The summed E-state index contributed by atoms with van der Waals surface area (Å²) in [6, 6.07) is 1.10. The van der Waals surface area contributed by atoms with E-state index in [9.17, 15) is 18.7 Å². The second-order valence-electron chi connectivity index (χ2n) is 8.17. The molecule has 0 bridgehead atoms. The molecule has 164 valence electrons. The van der Waals surface area contributed by atoms with Gasteiger partial charge in [0.15, 0.2) is 11.6 Å². The lowest BCUT2D eigenvalue weighted by molar-refractivity contribution is -0.140. The summed E-state index contributed by atoms with van der Waals surface area (Å²) < 4.78 is 29.3. The number of aromatic nitrogens is 4. The number of hydrogen-bond acceptors (Lipinski definition) is 6. The van der Waals surface area contributed by atoms with E-state index in [1.54, 1.807) is 44.6 Å². The van der Waals surface area contributed by atoms with Gasteiger partial charge in [-0.05, 0) is 12.8 Å². The van der Waals surface area contributed by atoms with Gasteiger partial charge < -0.3 is 20.3 Å². The van der Waals surface area contributed by atoms with E-state index in [-0.39, 0.29) is 11.2 Å². The van der Waals surface area contributed by atoms with Crippen molar-refractivity contribution in [1.29, 1.82) is 0 Å². The van der Waals surface area contributed by atoms with Gasteiger partial charge in [0.1, 0.15) is 16.9 Å². The summed E-state index contributed by atoms with van der Waals surface area (Å²) in [7, 11) is 5.23. The molecule has 10 heteroatoms. The number of carbonyl (C=O) groups is 1. The predicted octanol–water partition coefficient (Wildman–Crippen LogP) is 3.68. The molecule has 3 heterocycles. The fraction of sp³-hybridized carbons (Fsp3) is 0.273. The number of pyridine rings is 1. The molecule has 5 rings (SSSR count). The number of nitrogens with one attached hydrogen (secondary N) is 2. The zero-order valence-electron chi connectivity index (χ0n) is 17.6. The van der Waals surface area contributed by atoms with Crippen molar-refractivity contribution in [3.05, 3.63) is 42.1 Å². The van der Waals surface area contributed by atoms with Gasteiger partial charge in [0.05, 0.1) is 27.7 Å². The molecule has 0 unspecified atom stereocenters. The zero-order chi connectivity index (χ0) is 22.8. The molecule has 4 aromatic rings. The minimum atomic E-state index is -1.01. The minimum Gasteiger partial charge on any atom is -0.480 e. The smallest absolute Gasteiger partial charge is 0.317 e. The molecule has 0 amide bonds. The minimum absolute atomic E-state index is 0.0998. The van der Waals surface area contributed by atoms with E-state index in [1.165, 1.54) is 0 Å². The van der Waals surface area contributed by atoms with Crippen molar-refractivity contribution in [2.75, 3.05) is 31.4 Å². The summed E-state index contributed by atoms with van der Waals surface area (Å²) in [6.07, 6.45) is 5.72. The molecule has 3 N–H and O–H groups in total. The van der Waals surface area contributed by atoms with Crippen molar-refractivity contribution in [3.63, 3.8) is 0 Å². The lowest BCUT2D eigenvalue weighted by Crippen LogP contribution is -2.22. The highest BCUT2D eigenvalue weighted by Crippen LogP contribution is 2.47. The van der Waals surface area contributed by atoms with Crippen LogP contribution >= 0.6 is 0 Å². The number of fused-ring (bicyclic) bond motifs is 3. The number of aliphatic carboxylic acids is 1. The van der Waals surface area contributed by atoms with Gasteiger partial charge in [0, 0.05) is 56.9 Å². The molecule has 0 spiro atoms. The molecule has 32 heavy (non-hydrogen) atoms. The molecule has 0 saturated heterocycles. The molecular weight excluding hydrogens is 418 g/mol. The Kier molecular flexibility index (Phi) is 4.30. The number of rotatable bonds is 5. The summed E-state index contributed by atoms with van der Waals surface area (Å²) in [6.45, 7) is 0. The number of benzene rings is 1. The number of nitrogens with zero attached hydrogens (tertiary/aromatic N) is 4. The fourth-order valence-corrected chi connectivity index (χ4v) is 4.19. The monoisotopic (exact) mass is 438 g/mol. The van der Waals surface area contributed by atoms with Gasteiger partial charge in [-0.25, -0.2) is 23.7 Å². The normalized spacial score (nSPS) is 14.7. The zero-order valence-corrected chi connectivity index (χ0v) is 17.6. The first-order chi connectivity index (χ1) is 15.3. The van der Waals surface area contributed by atoms with Crippen molar-refractivity contribution in [2.24, 2.45) is 0 Å². The first-order valence-corrected chi connectivity index (χ1v) is 10.0. The van der Waals surface area contributed by atoms with Crippen molar-refractivity contribution in [2.45, 2.75) is 18.3 Å². The van der Waals surface area contributed by atoms with E-state index in [4.69, 9.17) is 0 Å². The highest BCUT2D eigenvalue weighted by Gasteiger charge is 2.54. The van der Waals surface area contributed by atoms with Crippen LogP contribution < -0.4 is 10.2 Å². The number of carboxylic acids is 1. The lowest BCUT2D eigenvalue weighted by Gasteiger charge is -2.19. The second kappa shape index (κ2) is 6.84. The summed E-state index contributed by atoms with van der Waals surface area (Å²) in [5, 5.41) is 12.9. The van der Waals surface area contributed by atoms with Crippen LogP contribution in [0.2, 0.25) is 0 Å². The van der Waals surface area contributed by atoms with Gasteiger partial charge in [0.2, 0.25) is 0 Å². The van der Waals surface area contributed by atoms with E-state index in [0.717, 1.165) is 6.07 Å². The molecule has 1 aromatic carbocycles. The Labute approximate surface area is 181 Å². The van der Waals surface area contributed by atoms with Crippen LogP contribution in [-0.4, -0.2) is 52.2 Å². The maximum Gasteiger partial charge on any atom is 0.317 e. The van der Waals surface area contributed by atoms with Gasteiger partial charge >= 0.3 is 5.97 Å². The number of carboxylic acid groups (broad SMARTS) is 1. The van der Waals surface area contributed by atoms with Crippen LogP contribution in [0.5, 0.6) is 0 Å². The Bertz CT molecular complexity index is 1390. The Hall–Kier alpha value is -3.82. The van der Waals surface area contributed by atoms with Crippen molar-refractivity contribution in [1.82, 2.24) is 19.9 Å². The Morgan fingerprint density at radius 2 is 1.84 bits per heavy atom. The number of H-pyrrole nitrogens is 1. The SMILES string of the molecule is CNc1cc(F)c(F)c2c1[nH]c1ncc(-c3cnc(C4(C(=O)O)CC4)nc3)c(N(C)C)c12. The third-order valence-electron chi connectivity index (χ3n) is 6.03. The summed E-state index contributed by atoms with van der Waals surface area (Å²) in [4.78, 5) is 29.5. The third-order valence-corrected chi connectivity index (χ3v) is 6.03. The maximum absolute atomic E-state index is 15.0. The summed E-state index contributed by atoms with van der Waals surface area (Å²) in [5.74, 6) is -2.59. The quantitative estimate of drug-likeness (QED) is 0.436. The highest BCUT2D eigenvalue weighted by atomic mass is 19.2. The standard InChI is InChI=1S/C22H20F2N6O2/c1-25-13-6-12(23)16(24)14-15-18(30(2)3)11(9-26-19(15)29-17(13)14)10-7-27-20(28-8-10)22(4-5-22)21(31)32/h6-9,25H,4-5H2,1-3H3,(H,26,29)(H,31,32). The van der Waals surface area contributed by atoms with Gasteiger partial charge in [-0.1, -0.05) is 0 Å². The topological polar surface area (TPSA) is 107 Å². The molecule has 0 atom stereocenters. The van der Waals surface area contributed by atoms with Crippen LogP contribution in [0.15, 0.2) is 24.7 Å². The van der Waals surface area contributed by atoms with Crippen LogP contribution in [0.25, 0.3) is 33.1 Å².